The van der Waals surface area contributed by atoms with Crippen molar-refractivity contribution < 1.29 is 0 Å². The number of nitrogens with one attached hydrogen (secondary N) is 1. The third-order valence-electron chi connectivity index (χ3n) is 3.10. The number of nitrogens with zero attached hydrogens (tertiary/aromatic N) is 1. The zero-order valence-electron chi connectivity index (χ0n) is 7.51. The van der Waals surface area contributed by atoms with Crippen molar-refractivity contribution in [2.75, 3.05) is 13.1 Å². The molecule has 0 aromatic heterocycles. The fourth-order valence-electron chi connectivity index (χ4n) is 2.54. The molecule has 0 saturated carbocycles. The van der Waals surface area contributed by atoms with Crippen LogP contribution in [0.1, 0.15) is 26.7 Å². The highest BCUT2D eigenvalue weighted by molar-refractivity contribution is 4.97. The van der Waals surface area contributed by atoms with Gasteiger partial charge in [0, 0.05) is 24.7 Å². The Hall–Kier alpha value is -0.0800. The molecule has 0 unspecified atom stereocenters. The Bertz CT molecular complexity index is 144. The Morgan fingerprint density at radius 2 is 2.18 bits per heavy atom. The summed E-state index contributed by atoms with van der Waals surface area (Å²) in [6.07, 6.45) is 2.73. The first-order chi connectivity index (χ1) is 5.29. The Kier molecular flexibility index (Phi) is 1.90. The molecule has 1 N–H and O–H groups in total. The molecule has 0 bridgehead atoms. The van der Waals surface area contributed by atoms with Gasteiger partial charge in [0.15, 0.2) is 0 Å². The summed E-state index contributed by atoms with van der Waals surface area (Å²) in [6, 6.07) is 2.41. The maximum absolute atomic E-state index is 3.56. The highest BCUT2D eigenvalue weighted by Gasteiger charge is 2.37. The molecular weight excluding hydrogens is 136 g/mol. The topological polar surface area (TPSA) is 15.3 Å². The summed E-state index contributed by atoms with van der Waals surface area (Å²) in [4.78, 5) is 2.64. The summed E-state index contributed by atoms with van der Waals surface area (Å²) in [5.41, 5.74) is 0. The van der Waals surface area contributed by atoms with Gasteiger partial charge >= 0.3 is 0 Å². The molecule has 0 spiro atoms. The largest absolute Gasteiger partial charge is 0.312 e. The molecule has 2 fully saturated rings. The zero-order valence-corrected chi connectivity index (χ0v) is 7.51. The van der Waals surface area contributed by atoms with Crippen LogP contribution >= 0.6 is 0 Å². The normalized spacial score (nSPS) is 38.5. The second-order valence-corrected chi connectivity index (χ2v) is 4.04. The van der Waals surface area contributed by atoms with Crippen LogP contribution in [-0.4, -0.2) is 36.1 Å². The molecule has 2 aliphatic rings. The van der Waals surface area contributed by atoms with E-state index in [1.54, 1.807) is 0 Å². The maximum atomic E-state index is 3.56. The van der Waals surface area contributed by atoms with Gasteiger partial charge in [0.05, 0.1) is 0 Å². The summed E-state index contributed by atoms with van der Waals surface area (Å²) in [7, 11) is 0. The van der Waals surface area contributed by atoms with Crippen LogP contribution in [0.15, 0.2) is 0 Å². The second-order valence-electron chi connectivity index (χ2n) is 4.04. The highest BCUT2D eigenvalue weighted by Crippen LogP contribution is 2.26. The molecular formula is C9H18N2. The van der Waals surface area contributed by atoms with Crippen molar-refractivity contribution in [2.45, 2.75) is 44.8 Å². The van der Waals surface area contributed by atoms with E-state index in [0.717, 1.165) is 18.1 Å². The lowest BCUT2D eigenvalue weighted by molar-refractivity contribution is 0.203. The van der Waals surface area contributed by atoms with Crippen molar-refractivity contribution >= 4 is 0 Å². The second kappa shape index (κ2) is 2.76. The molecule has 2 atom stereocenters. The van der Waals surface area contributed by atoms with Crippen molar-refractivity contribution in [3.05, 3.63) is 0 Å². The van der Waals surface area contributed by atoms with E-state index in [1.165, 1.54) is 25.9 Å². The minimum absolute atomic E-state index is 0.741. The fraction of sp³-hybridized carbons (Fsp3) is 1.00. The van der Waals surface area contributed by atoms with Crippen LogP contribution < -0.4 is 5.32 Å². The molecule has 64 valence electrons. The molecule has 0 amide bonds. The van der Waals surface area contributed by atoms with Gasteiger partial charge in [-0.2, -0.15) is 0 Å². The number of hydrogen-bond acceptors (Lipinski definition) is 2. The molecule has 0 radical (unpaired) electrons. The van der Waals surface area contributed by atoms with E-state index in [4.69, 9.17) is 0 Å². The fourth-order valence-corrected chi connectivity index (χ4v) is 2.54. The van der Waals surface area contributed by atoms with Gasteiger partial charge in [-0.25, -0.2) is 0 Å². The van der Waals surface area contributed by atoms with Crippen LogP contribution in [0.4, 0.5) is 0 Å². The Balaban J connectivity index is 2.03. The Morgan fingerprint density at radius 1 is 1.36 bits per heavy atom. The van der Waals surface area contributed by atoms with Crippen molar-refractivity contribution in [1.82, 2.24) is 10.2 Å². The van der Waals surface area contributed by atoms with E-state index in [-0.39, 0.29) is 0 Å². The van der Waals surface area contributed by atoms with E-state index in [1.807, 2.05) is 0 Å². The summed E-state index contributed by atoms with van der Waals surface area (Å²) in [5.74, 6) is 0. The van der Waals surface area contributed by atoms with Gasteiger partial charge in [-0.15, -0.1) is 0 Å². The average Bonchev–Trinajstić information content (AvgIpc) is 2.41. The average molecular weight is 154 g/mol. The summed E-state index contributed by atoms with van der Waals surface area (Å²) < 4.78 is 0. The van der Waals surface area contributed by atoms with Crippen LogP contribution in [0.3, 0.4) is 0 Å². The molecule has 2 rings (SSSR count). The van der Waals surface area contributed by atoms with Gasteiger partial charge < -0.3 is 5.32 Å². The predicted octanol–water partition coefficient (Wildman–Crippen LogP) is 0.831. The third-order valence-corrected chi connectivity index (χ3v) is 3.10. The quantitative estimate of drug-likeness (QED) is 0.602. The molecule has 2 aliphatic heterocycles. The molecule has 0 aliphatic carbocycles. The first-order valence-electron chi connectivity index (χ1n) is 4.78. The van der Waals surface area contributed by atoms with Gasteiger partial charge in [-0.1, -0.05) is 0 Å². The van der Waals surface area contributed by atoms with Crippen LogP contribution in [-0.2, 0) is 0 Å². The molecule has 2 saturated heterocycles. The number of rotatable bonds is 1. The zero-order chi connectivity index (χ0) is 7.84. The van der Waals surface area contributed by atoms with Gasteiger partial charge in [0.25, 0.3) is 0 Å². The third kappa shape index (κ3) is 1.18. The first kappa shape index (κ1) is 7.56. The van der Waals surface area contributed by atoms with E-state index in [0.29, 0.717) is 0 Å². The van der Waals surface area contributed by atoms with Crippen LogP contribution in [0.2, 0.25) is 0 Å². The predicted molar refractivity (Wildman–Crippen MR) is 46.7 cm³/mol. The highest BCUT2D eigenvalue weighted by atomic mass is 15.3. The molecule has 2 nitrogen and oxygen atoms in total. The molecule has 11 heavy (non-hydrogen) atoms. The van der Waals surface area contributed by atoms with E-state index < -0.39 is 0 Å². The van der Waals surface area contributed by atoms with Crippen molar-refractivity contribution in [3.8, 4) is 0 Å². The Labute approximate surface area is 69.0 Å². The number of fused-ring (bicyclic) bond motifs is 1. The summed E-state index contributed by atoms with van der Waals surface area (Å²) in [6.45, 7) is 7.15. The minimum Gasteiger partial charge on any atom is -0.312 e. The lowest BCUT2D eigenvalue weighted by Crippen LogP contribution is -2.38. The van der Waals surface area contributed by atoms with Gasteiger partial charge in [0.1, 0.15) is 0 Å². The van der Waals surface area contributed by atoms with E-state index >= 15 is 0 Å². The van der Waals surface area contributed by atoms with Gasteiger partial charge in [-0.05, 0) is 33.2 Å². The molecule has 2 heteroatoms. The van der Waals surface area contributed by atoms with E-state index in [9.17, 15) is 0 Å². The van der Waals surface area contributed by atoms with Crippen LogP contribution in [0.25, 0.3) is 0 Å². The monoisotopic (exact) mass is 154 g/mol. The number of hydrogen-bond donors (Lipinski definition) is 1. The van der Waals surface area contributed by atoms with Crippen LogP contribution in [0.5, 0.6) is 0 Å². The summed E-state index contributed by atoms with van der Waals surface area (Å²) in [5, 5.41) is 3.56. The number of likely N-dealkylation sites (tertiary alicyclic amines) is 1. The SMILES string of the molecule is CC(C)N1CC[C@@H]2NCC[C@@H]21. The van der Waals surface area contributed by atoms with Crippen molar-refractivity contribution in [1.29, 1.82) is 0 Å². The van der Waals surface area contributed by atoms with Crippen molar-refractivity contribution in [2.24, 2.45) is 0 Å². The van der Waals surface area contributed by atoms with Crippen LogP contribution in [0, 0.1) is 0 Å². The van der Waals surface area contributed by atoms with Gasteiger partial charge in [0.2, 0.25) is 0 Å². The Morgan fingerprint density at radius 3 is 2.91 bits per heavy atom. The lowest BCUT2D eigenvalue weighted by Gasteiger charge is -2.26. The molecule has 0 aromatic carbocycles. The standard InChI is InChI=1S/C9H18N2/c1-7(2)11-6-4-8-9(11)3-5-10-8/h7-10H,3-6H2,1-2H3/t8-,9-/m0/s1. The molecule has 0 aromatic rings. The maximum Gasteiger partial charge on any atom is 0.0264 e. The first-order valence-corrected chi connectivity index (χ1v) is 4.78. The van der Waals surface area contributed by atoms with Crippen molar-refractivity contribution in [3.63, 3.8) is 0 Å². The lowest BCUT2D eigenvalue weighted by atomic mass is 10.1. The summed E-state index contributed by atoms with van der Waals surface area (Å²) >= 11 is 0. The van der Waals surface area contributed by atoms with Gasteiger partial charge in [-0.3, -0.25) is 4.90 Å². The molecule has 2 heterocycles. The van der Waals surface area contributed by atoms with E-state index in [2.05, 4.69) is 24.1 Å². The minimum atomic E-state index is 0.741. The smallest absolute Gasteiger partial charge is 0.0264 e.